The summed E-state index contributed by atoms with van der Waals surface area (Å²) in [5.74, 6) is -0.662. The van der Waals surface area contributed by atoms with Crippen molar-refractivity contribution in [3.05, 3.63) is 10.4 Å². The van der Waals surface area contributed by atoms with Crippen molar-refractivity contribution in [1.82, 2.24) is 5.32 Å². The molecule has 1 rings (SSSR count). The number of hydrogen-bond acceptors (Lipinski definition) is 7. The van der Waals surface area contributed by atoms with Crippen molar-refractivity contribution in [1.29, 1.82) is 0 Å². The Bertz CT molecular complexity index is 423. The monoisotopic (exact) mass is 330 g/mol. The number of azide groups is 1. The summed E-state index contributed by atoms with van der Waals surface area (Å²) in [5.41, 5.74) is 6.82. The van der Waals surface area contributed by atoms with E-state index in [0.717, 1.165) is 0 Å². The summed E-state index contributed by atoms with van der Waals surface area (Å²) in [6.07, 6.45) is 0.741. The van der Waals surface area contributed by atoms with Gasteiger partial charge in [-0.05, 0) is 59.2 Å². The van der Waals surface area contributed by atoms with Gasteiger partial charge in [-0.15, -0.1) is 0 Å². The zero-order valence-corrected chi connectivity index (χ0v) is 14.1. The van der Waals surface area contributed by atoms with E-state index in [1.54, 1.807) is 6.92 Å². The molecule has 1 aliphatic rings. The lowest BCUT2D eigenvalue weighted by Crippen LogP contribution is -2.52. The molecular weight excluding hydrogens is 304 g/mol. The van der Waals surface area contributed by atoms with Crippen LogP contribution in [0.25, 0.3) is 10.4 Å². The predicted octanol–water partition coefficient (Wildman–Crippen LogP) is 1.30. The smallest absolute Gasteiger partial charge is 0.317 e. The van der Waals surface area contributed by atoms with Gasteiger partial charge in [0.2, 0.25) is 0 Å². The summed E-state index contributed by atoms with van der Waals surface area (Å²) in [7, 11) is 0. The Hall–Kier alpha value is -1.83. The summed E-state index contributed by atoms with van der Waals surface area (Å²) < 4.78 is 9.34. The first-order chi connectivity index (χ1) is 10.7. The largest absolute Gasteiger partial charge is 0.466 e. The molecule has 0 aromatic heterocycles. The van der Waals surface area contributed by atoms with E-state index < -0.39 is 17.6 Å². The molecule has 1 saturated heterocycles. The van der Waals surface area contributed by atoms with E-state index in [4.69, 9.17) is 10.3 Å². The normalized spacial score (nSPS) is 17.6. The van der Waals surface area contributed by atoms with Gasteiger partial charge < -0.3 is 19.9 Å². The molecule has 0 aromatic carbocycles. The number of aliphatic hydroxyl groups is 1. The summed E-state index contributed by atoms with van der Waals surface area (Å²) in [6, 6.07) is -1.15. The molecule has 23 heavy (non-hydrogen) atoms. The molecule has 0 spiro atoms. The second-order valence-electron chi connectivity index (χ2n) is 6.04. The highest BCUT2D eigenvalue weighted by atomic mass is 16.5. The highest BCUT2D eigenvalue weighted by Crippen LogP contribution is 2.25. The van der Waals surface area contributed by atoms with E-state index in [2.05, 4.69) is 20.1 Å². The van der Waals surface area contributed by atoms with Gasteiger partial charge in [0.05, 0.1) is 12.2 Å². The van der Waals surface area contributed by atoms with E-state index in [9.17, 15) is 14.7 Å². The second-order valence-corrected chi connectivity index (χ2v) is 6.04. The molecule has 1 heterocycles. The first-order valence-corrected chi connectivity index (χ1v) is 7.45. The van der Waals surface area contributed by atoms with Gasteiger partial charge in [0.15, 0.2) is 6.04 Å². The zero-order valence-electron chi connectivity index (χ0n) is 14.1. The molecule has 1 fully saturated rings. The van der Waals surface area contributed by atoms with Crippen LogP contribution in [0.5, 0.6) is 0 Å². The quantitative estimate of drug-likeness (QED) is 0.256. The van der Waals surface area contributed by atoms with Gasteiger partial charge in [0, 0.05) is 4.91 Å². The van der Waals surface area contributed by atoms with Gasteiger partial charge in [0.25, 0.3) is 6.47 Å². The van der Waals surface area contributed by atoms with Crippen LogP contribution in [0.2, 0.25) is 0 Å². The molecule has 1 aliphatic heterocycles. The Kier molecular flexibility index (Phi) is 9.24. The maximum atomic E-state index is 11.6. The predicted molar refractivity (Wildman–Crippen MR) is 83.5 cm³/mol. The third-order valence-corrected chi connectivity index (χ3v) is 3.06. The number of piperidine rings is 1. The molecule has 0 aromatic rings. The Morgan fingerprint density at radius 3 is 2.39 bits per heavy atom. The van der Waals surface area contributed by atoms with Crippen molar-refractivity contribution < 1.29 is 24.2 Å². The molecule has 0 radical (unpaired) electrons. The van der Waals surface area contributed by atoms with E-state index in [-0.39, 0.29) is 12.2 Å². The van der Waals surface area contributed by atoms with Crippen molar-refractivity contribution in [2.45, 2.75) is 57.8 Å². The summed E-state index contributed by atoms with van der Waals surface area (Å²) >= 11 is 0. The number of hydrogen-bond donors (Lipinski definition) is 2. The Labute approximate surface area is 136 Å². The van der Waals surface area contributed by atoms with Crippen molar-refractivity contribution in [3.63, 3.8) is 0 Å². The highest BCUT2D eigenvalue weighted by Gasteiger charge is 2.42. The Balaban J connectivity index is 0.000000585. The molecule has 0 aliphatic carbocycles. The van der Waals surface area contributed by atoms with Crippen LogP contribution < -0.4 is 5.32 Å². The molecule has 0 saturated carbocycles. The lowest BCUT2D eigenvalue weighted by atomic mass is 9.85. The minimum absolute atomic E-state index is 0.199. The number of ether oxygens (including phenoxy) is 2. The SMILES string of the molecule is CC(C)(C)OC=O.CCOC(=O)C(N=[N+]=[N-])C1(O)CCNCC1. The maximum Gasteiger partial charge on any atom is 0.317 e. The van der Waals surface area contributed by atoms with Crippen LogP contribution >= 0.6 is 0 Å². The summed E-state index contributed by atoms with van der Waals surface area (Å²) in [6.45, 7) is 8.97. The van der Waals surface area contributed by atoms with E-state index >= 15 is 0 Å². The number of nitrogens with one attached hydrogen (secondary N) is 1. The van der Waals surface area contributed by atoms with Gasteiger partial charge in [-0.1, -0.05) is 5.11 Å². The molecule has 0 bridgehead atoms. The third kappa shape index (κ3) is 8.39. The molecule has 1 unspecified atom stereocenters. The second kappa shape index (κ2) is 10.0. The average molecular weight is 330 g/mol. The molecule has 1 atom stereocenters. The zero-order chi connectivity index (χ0) is 17.9. The molecule has 0 amide bonds. The minimum Gasteiger partial charge on any atom is -0.466 e. The van der Waals surface area contributed by atoms with Crippen molar-refractivity contribution in [3.8, 4) is 0 Å². The van der Waals surface area contributed by atoms with Crippen LogP contribution in [0.3, 0.4) is 0 Å². The molecule has 9 nitrogen and oxygen atoms in total. The molecule has 132 valence electrons. The Morgan fingerprint density at radius 1 is 1.48 bits per heavy atom. The van der Waals surface area contributed by atoms with Gasteiger partial charge in [0.1, 0.15) is 5.60 Å². The summed E-state index contributed by atoms with van der Waals surface area (Å²) in [4.78, 5) is 23.8. The van der Waals surface area contributed by atoms with E-state index in [1.807, 2.05) is 20.8 Å². The van der Waals surface area contributed by atoms with Crippen LogP contribution in [-0.4, -0.2) is 54.5 Å². The fourth-order valence-corrected chi connectivity index (χ4v) is 1.92. The fraction of sp³-hybridized carbons (Fsp3) is 0.857. The lowest BCUT2D eigenvalue weighted by molar-refractivity contribution is -0.152. The molecule has 9 heteroatoms. The minimum atomic E-state index is -1.29. The lowest BCUT2D eigenvalue weighted by Gasteiger charge is -2.35. The number of nitrogens with zero attached hydrogens (tertiary/aromatic N) is 3. The first kappa shape index (κ1) is 21.2. The topological polar surface area (TPSA) is 134 Å². The average Bonchev–Trinajstić information content (AvgIpc) is 2.45. The molecule has 2 N–H and O–H groups in total. The van der Waals surface area contributed by atoms with Crippen LogP contribution in [0.4, 0.5) is 0 Å². The number of carbonyl (C=O) groups excluding carboxylic acids is 2. The van der Waals surface area contributed by atoms with Crippen molar-refractivity contribution >= 4 is 12.4 Å². The third-order valence-electron chi connectivity index (χ3n) is 3.06. The fourth-order valence-electron chi connectivity index (χ4n) is 1.92. The van der Waals surface area contributed by atoms with Crippen molar-refractivity contribution in [2.24, 2.45) is 5.11 Å². The Morgan fingerprint density at radius 2 is 2.04 bits per heavy atom. The molecular formula is C14H26N4O5. The van der Waals surface area contributed by atoms with Crippen molar-refractivity contribution in [2.75, 3.05) is 19.7 Å². The highest BCUT2D eigenvalue weighted by molar-refractivity contribution is 5.77. The van der Waals surface area contributed by atoms with Gasteiger partial charge >= 0.3 is 5.97 Å². The van der Waals surface area contributed by atoms with Crippen LogP contribution in [0.1, 0.15) is 40.5 Å². The van der Waals surface area contributed by atoms with Crippen LogP contribution in [0.15, 0.2) is 5.11 Å². The van der Waals surface area contributed by atoms with Crippen LogP contribution in [-0.2, 0) is 19.1 Å². The maximum absolute atomic E-state index is 11.6. The van der Waals surface area contributed by atoms with Gasteiger partial charge in [-0.3, -0.25) is 9.59 Å². The standard InChI is InChI=1S/C9H16N4O3.C5H10O2/c1-2-16-8(14)7(12-13-10)9(15)3-5-11-6-4-9;1-5(2,3)7-4-6/h7,11,15H,2-6H2,1H3;4H,1-3H3. The van der Waals surface area contributed by atoms with Crippen LogP contribution in [0, 0.1) is 0 Å². The summed E-state index contributed by atoms with van der Waals surface area (Å²) in [5, 5.41) is 16.7. The number of carbonyl (C=O) groups is 2. The number of rotatable bonds is 5. The first-order valence-electron chi connectivity index (χ1n) is 7.45. The van der Waals surface area contributed by atoms with Gasteiger partial charge in [-0.25, -0.2) is 0 Å². The van der Waals surface area contributed by atoms with E-state index in [0.29, 0.717) is 32.4 Å². The van der Waals surface area contributed by atoms with Gasteiger partial charge in [-0.2, -0.15) is 0 Å². The van der Waals surface area contributed by atoms with E-state index in [1.165, 1.54) is 0 Å². The number of esters is 1.